The Morgan fingerprint density at radius 2 is 2.00 bits per heavy atom. The van der Waals surface area contributed by atoms with Crippen molar-refractivity contribution < 1.29 is 33.4 Å². The lowest BCUT2D eigenvalue weighted by molar-refractivity contribution is -0.136. The third-order valence-electron chi connectivity index (χ3n) is 4.58. The van der Waals surface area contributed by atoms with Crippen LogP contribution in [0.4, 0.5) is 0 Å². The molecule has 2 aliphatic heterocycles. The fourth-order valence-electron chi connectivity index (χ4n) is 3.22. The molecule has 10 nitrogen and oxygen atoms in total. The Hall–Kier alpha value is -2.79. The molecular formula is C19H20BrN3O7. The molecule has 1 atom stereocenters. The summed E-state index contributed by atoms with van der Waals surface area (Å²) in [7, 11) is 0. The summed E-state index contributed by atoms with van der Waals surface area (Å²) in [6, 6.07) is 3.39. The van der Waals surface area contributed by atoms with Gasteiger partial charge in [0.15, 0.2) is 6.61 Å². The van der Waals surface area contributed by atoms with E-state index in [1.165, 1.54) is 18.2 Å². The largest absolute Gasteiger partial charge is 0.483 e. The van der Waals surface area contributed by atoms with Crippen LogP contribution in [0.5, 0.6) is 5.75 Å². The maximum Gasteiger partial charge on any atom is 0.266 e. The van der Waals surface area contributed by atoms with Crippen LogP contribution < -0.4 is 15.4 Å². The third kappa shape index (κ3) is 4.68. The van der Waals surface area contributed by atoms with Crippen LogP contribution in [0.1, 0.15) is 33.6 Å². The van der Waals surface area contributed by atoms with Crippen LogP contribution in [0.2, 0.25) is 0 Å². The molecule has 0 aliphatic carbocycles. The lowest BCUT2D eigenvalue weighted by atomic mass is 10.0. The van der Waals surface area contributed by atoms with E-state index in [-0.39, 0.29) is 36.3 Å². The van der Waals surface area contributed by atoms with E-state index >= 15 is 0 Å². The SMILES string of the molecule is O=C(COc1cccc2c1C(=O)N(C1CCC(=O)NC1=O)C2=O)NCCOCCBr. The minimum absolute atomic E-state index is 0.000606. The molecule has 2 N–H and O–H groups in total. The zero-order chi connectivity index (χ0) is 21.7. The van der Waals surface area contributed by atoms with Gasteiger partial charge in [0.05, 0.1) is 24.3 Å². The molecule has 5 amide bonds. The minimum atomic E-state index is -1.06. The highest BCUT2D eigenvalue weighted by molar-refractivity contribution is 9.09. The molecule has 2 heterocycles. The van der Waals surface area contributed by atoms with Gasteiger partial charge in [-0.05, 0) is 18.6 Å². The number of rotatable bonds is 9. The first-order chi connectivity index (χ1) is 14.4. The minimum Gasteiger partial charge on any atom is -0.483 e. The molecule has 1 unspecified atom stereocenters. The maximum absolute atomic E-state index is 12.9. The molecule has 0 spiro atoms. The quantitative estimate of drug-likeness (QED) is 0.288. The average molecular weight is 482 g/mol. The Balaban J connectivity index is 1.66. The Morgan fingerprint density at radius 1 is 1.20 bits per heavy atom. The van der Waals surface area contributed by atoms with Gasteiger partial charge >= 0.3 is 0 Å². The van der Waals surface area contributed by atoms with E-state index in [0.717, 1.165) is 4.90 Å². The van der Waals surface area contributed by atoms with E-state index in [1.54, 1.807) is 0 Å². The summed E-state index contributed by atoms with van der Waals surface area (Å²) >= 11 is 3.23. The highest BCUT2D eigenvalue weighted by Crippen LogP contribution is 2.33. The number of nitrogens with zero attached hydrogens (tertiary/aromatic N) is 1. The number of hydrogen-bond acceptors (Lipinski definition) is 7. The zero-order valence-corrected chi connectivity index (χ0v) is 17.5. The molecule has 30 heavy (non-hydrogen) atoms. The molecular weight excluding hydrogens is 462 g/mol. The van der Waals surface area contributed by atoms with Gasteiger partial charge in [-0.1, -0.05) is 22.0 Å². The van der Waals surface area contributed by atoms with Crippen LogP contribution in [0.25, 0.3) is 0 Å². The highest BCUT2D eigenvalue weighted by atomic mass is 79.9. The number of alkyl halides is 1. The molecule has 0 aromatic heterocycles. The molecule has 1 aromatic rings. The van der Waals surface area contributed by atoms with Gasteiger partial charge in [-0.15, -0.1) is 0 Å². The number of piperidine rings is 1. The summed E-state index contributed by atoms with van der Waals surface area (Å²) in [6.45, 7) is 0.839. The number of fused-ring (bicyclic) bond motifs is 1. The van der Waals surface area contributed by atoms with E-state index < -0.39 is 35.6 Å². The van der Waals surface area contributed by atoms with Crippen LogP contribution in [0.3, 0.4) is 0 Å². The number of benzene rings is 1. The second-order valence-corrected chi connectivity index (χ2v) is 7.36. The monoisotopic (exact) mass is 481 g/mol. The summed E-state index contributed by atoms with van der Waals surface area (Å²) in [5, 5.41) is 5.46. The molecule has 11 heteroatoms. The molecule has 2 aliphatic rings. The smallest absolute Gasteiger partial charge is 0.266 e. The predicted molar refractivity (Wildman–Crippen MR) is 106 cm³/mol. The van der Waals surface area contributed by atoms with Crippen LogP contribution in [-0.2, 0) is 19.1 Å². The van der Waals surface area contributed by atoms with Gasteiger partial charge < -0.3 is 14.8 Å². The van der Waals surface area contributed by atoms with Crippen molar-refractivity contribution in [3.63, 3.8) is 0 Å². The van der Waals surface area contributed by atoms with E-state index in [0.29, 0.717) is 25.1 Å². The maximum atomic E-state index is 12.9. The molecule has 1 fully saturated rings. The number of carbonyl (C=O) groups excluding carboxylic acids is 5. The van der Waals surface area contributed by atoms with Gasteiger partial charge in [0.25, 0.3) is 17.7 Å². The van der Waals surface area contributed by atoms with Crippen LogP contribution in [0, 0.1) is 0 Å². The molecule has 3 rings (SSSR count). The van der Waals surface area contributed by atoms with Crippen molar-refractivity contribution in [3.05, 3.63) is 29.3 Å². The van der Waals surface area contributed by atoms with E-state index in [2.05, 4.69) is 26.6 Å². The predicted octanol–water partition coefficient (Wildman–Crippen LogP) is -0.00570. The summed E-state index contributed by atoms with van der Waals surface area (Å²) in [5.41, 5.74) is 0.0893. The van der Waals surface area contributed by atoms with Gasteiger partial charge in [-0.3, -0.25) is 34.2 Å². The van der Waals surface area contributed by atoms with Crippen molar-refractivity contribution in [1.29, 1.82) is 0 Å². The number of imide groups is 2. The summed E-state index contributed by atoms with van der Waals surface area (Å²) < 4.78 is 10.7. The molecule has 0 saturated carbocycles. The summed E-state index contributed by atoms with van der Waals surface area (Å²) in [6.07, 6.45) is 0.0958. The van der Waals surface area contributed by atoms with E-state index in [9.17, 15) is 24.0 Å². The fourth-order valence-corrected chi connectivity index (χ4v) is 3.45. The van der Waals surface area contributed by atoms with Gasteiger partial charge in [0, 0.05) is 18.3 Å². The highest BCUT2D eigenvalue weighted by Gasteiger charge is 2.46. The zero-order valence-electron chi connectivity index (χ0n) is 15.9. The number of hydrogen-bond donors (Lipinski definition) is 2. The Morgan fingerprint density at radius 3 is 2.73 bits per heavy atom. The third-order valence-corrected chi connectivity index (χ3v) is 4.90. The first-order valence-corrected chi connectivity index (χ1v) is 10.4. The van der Waals surface area contributed by atoms with Gasteiger partial charge in [-0.2, -0.15) is 0 Å². The van der Waals surface area contributed by atoms with Crippen LogP contribution >= 0.6 is 15.9 Å². The van der Waals surface area contributed by atoms with Gasteiger partial charge in [-0.25, -0.2) is 0 Å². The molecule has 1 aromatic carbocycles. The molecule has 160 valence electrons. The molecule has 0 radical (unpaired) electrons. The fraction of sp³-hybridized carbons (Fsp3) is 0.421. The van der Waals surface area contributed by atoms with Crippen molar-refractivity contribution in [2.45, 2.75) is 18.9 Å². The number of nitrogens with one attached hydrogen (secondary N) is 2. The number of amides is 5. The van der Waals surface area contributed by atoms with Gasteiger partial charge in [0.1, 0.15) is 11.8 Å². The van der Waals surface area contributed by atoms with E-state index in [4.69, 9.17) is 9.47 Å². The Kier molecular flexibility index (Phi) is 7.16. The van der Waals surface area contributed by atoms with Gasteiger partial charge in [0.2, 0.25) is 11.8 Å². The lowest BCUT2D eigenvalue weighted by Crippen LogP contribution is -2.54. The van der Waals surface area contributed by atoms with E-state index in [1.807, 2.05) is 0 Å². The first-order valence-electron chi connectivity index (χ1n) is 9.32. The van der Waals surface area contributed by atoms with Crippen LogP contribution in [0.15, 0.2) is 18.2 Å². The normalized spacial score (nSPS) is 18.3. The first kappa shape index (κ1) is 21.9. The van der Waals surface area contributed by atoms with Crippen molar-refractivity contribution in [1.82, 2.24) is 15.5 Å². The second-order valence-electron chi connectivity index (χ2n) is 6.57. The topological polar surface area (TPSA) is 131 Å². The van der Waals surface area contributed by atoms with Crippen molar-refractivity contribution in [3.8, 4) is 5.75 Å². The Labute approximate surface area is 180 Å². The van der Waals surface area contributed by atoms with Crippen molar-refractivity contribution in [2.75, 3.05) is 31.7 Å². The van der Waals surface area contributed by atoms with Crippen LogP contribution in [-0.4, -0.2) is 72.2 Å². The molecule has 0 bridgehead atoms. The Bertz CT molecular complexity index is 889. The number of ether oxygens (including phenoxy) is 2. The summed E-state index contributed by atoms with van der Waals surface area (Å²) in [4.78, 5) is 61.9. The number of halogens is 1. The standard InChI is InChI=1S/C19H20BrN3O7/c20-6-8-29-9-7-21-15(25)10-30-13-3-1-2-11-16(13)19(28)23(18(11)27)12-4-5-14(24)22-17(12)26/h1-3,12H,4-10H2,(H,21,25)(H,22,24,26). The second kappa shape index (κ2) is 9.81. The average Bonchev–Trinajstić information content (AvgIpc) is 2.97. The number of carbonyl (C=O) groups is 5. The van der Waals surface area contributed by atoms with Crippen molar-refractivity contribution in [2.24, 2.45) is 0 Å². The lowest BCUT2D eigenvalue weighted by Gasteiger charge is -2.27. The molecule has 1 saturated heterocycles. The van der Waals surface area contributed by atoms with Crippen molar-refractivity contribution >= 4 is 45.5 Å². The summed E-state index contributed by atoms with van der Waals surface area (Å²) in [5.74, 6) is -2.79.